The molecule has 0 aliphatic carbocycles. The summed E-state index contributed by atoms with van der Waals surface area (Å²) in [5.41, 5.74) is 2.23. The summed E-state index contributed by atoms with van der Waals surface area (Å²) in [7, 11) is 0. The molecular weight excluding hydrogens is 370 g/mol. The van der Waals surface area contributed by atoms with E-state index in [1.54, 1.807) is 0 Å². The monoisotopic (exact) mass is 393 g/mol. The van der Waals surface area contributed by atoms with Crippen LogP contribution in [0.15, 0.2) is 35.3 Å². The lowest BCUT2D eigenvalue weighted by Crippen LogP contribution is -2.56. The van der Waals surface area contributed by atoms with Crippen molar-refractivity contribution in [2.24, 2.45) is 11.8 Å². The summed E-state index contributed by atoms with van der Waals surface area (Å²) in [5, 5.41) is 7.36. The zero-order chi connectivity index (χ0) is 16.4. The van der Waals surface area contributed by atoms with Crippen LogP contribution in [0.3, 0.4) is 0 Å². The van der Waals surface area contributed by atoms with E-state index in [4.69, 9.17) is 12.2 Å². The Balaban J connectivity index is 1.51. The molecule has 4 unspecified atom stereocenters. The average molecular weight is 394 g/mol. The Kier molecular flexibility index (Phi) is 5.39. The van der Waals surface area contributed by atoms with Gasteiger partial charge < -0.3 is 10.6 Å². The standard InChI is InChI=1S/C18H24BrN3S/c1-3-13-11-22-7-6-14(13)9-15(22)10-20-18(23)21-17-5-4-12(2)8-16(17)19/h3-5,8,13-15H,1,6-7,9-11H2,2H3,(H2,20,21,23). The van der Waals surface area contributed by atoms with Gasteiger partial charge in [0.25, 0.3) is 0 Å². The molecule has 3 aliphatic heterocycles. The number of rotatable bonds is 4. The van der Waals surface area contributed by atoms with Crippen molar-refractivity contribution in [3.8, 4) is 0 Å². The van der Waals surface area contributed by atoms with E-state index in [9.17, 15) is 0 Å². The van der Waals surface area contributed by atoms with Crippen LogP contribution in [-0.4, -0.2) is 35.7 Å². The highest BCUT2D eigenvalue weighted by Gasteiger charge is 2.38. The lowest BCUT2D eigenvalue weighted by molar-refractivity contribution is 0.0215. The van der Waals surface area contributed by atoms with Crippen LogP contribution in [0, 0.1) is 18.8 Å². The normalized spacial score (nSPS) is 29.1. The highest BCUT2D eigenvalue weighted by Crippen LogP contribution is 2.36. The number of benzene rings is 1. The largest absolute Gasteiger partial charge is 0.361 e. The molecule has 0 aromatic heterocycles. The summed E-state index contributed by atoms with van der Waals surface area (Å²) in [6.45, 7) is 9.35. The molecule has 5 heteroatoms. The van der Waals surface area contributed by atoms with Gasteiger partial charge >= 0.3 is 0 Å². The summed E-state index contributed by atoms with van der Waals surface area (Å²) in [5.74, 6) is 1.48. The Hall–Kier alpha value is -0.910. The maximum absolute atomic E-state index is 5.45. The van der Waals surface area contributed by atoms with Gasteiger partial charge in [0, 0.05) is 23.6 Å². The molecule has 3 fully saturated rings. The third-order valence-corrected chi connectivity index (χ3v) is 6.01. The van der Waals surface area contributed by atoms with E-state index in [1.807, 2.05) is 6.07 Å². The number of aryl methyl sites for hydroxylation is 1. The van der Waals surface area contributed by atoms with Crippen molar-refractivity contribution in [2.75, 3.05) is 25.0 Å². The molecule has 4 rings (SSSR count). The van der Waals surface area contributed by atoms with Crippen molar-refractivity contribution < 1.29 is 0 Å². The topological polar surface area (TPSA) is 27.3 Å². The van der Waals surface area contributed by atoms with Gasteiger partial charge in [0.05, 0.1) is 5.69 Å². The molecule has 2 N–H and O–H groups in total. The van der Waals surface area contributed by atoms with Crippen LogP contribution in [0.1, 0.15) is 18.4 Å². The molecule has 3 heterocycles. The maximum Gasteiger partial charge on any atom is 0.170 e. The summed E-state index contributed by atoms with van der Waals surface area (Å²) in [4.78, 5) is 2.59. The second-order valence-corrected chi connectivity index (χ2v) is 7.91. The lowest BCUT2D eigenvalue weighted by atomic mass is 9.76. The zero-order valence-electron chi connectivity index (χ0n) is 13.5. The van der Waals surface area contributed by atoms with E-state index in [0.717, 1.165) is 29.2 Å². The highest BCUT2D eigenvalue weighted by molar-refractivity contribution is 9.10. The predicted molar refractivity (Wildman–Crippen MR) is 105 cm³/mol. The fourth-order valence-electron chi connectivity index (χ4n) is 3.76. The van der Waals surface area contributed by atoms with E-state index in [-0.39, 0.29) is 0 Å². The highest BCUT2D eigenvalue weighted by atomic mass is 79.9. The first-order valence-corrected chi connectivity index (χ1v) is 9.44. The van der Waals surface area contributed by atoms with Crippen molar-refractivity contribution in [1.29, 1.82) is 0 Å². The Morgan fingerprint density at radius 3 is 3.00 bits per heavy atom. The molecule has 0 saturated carbocycles. The molecule has 2 bridgehead atoms. The number of hydrogen-bond acceptors (Lipinski definition) is 2. The summed E-state index contributed by atoms with van der Waals surface area (Å²) in [6, 6.07) is 6.81. The molecule has 3 saturated heterocycles. The smallest absolute Gasteiger partial charge is 0.170 e. The molecule has 3 aliphatic rings. The first-order valence-electron chi connectivity index (χ1n) is 8.24. The average Bonchev–Trinajstić information content (AvgIpc) is 2.56. The third-order valence-electron chi connectivity index (χ3n) is 5.10. The molecule has 1 aromatic carbocycles. The van der Waals surface area contributed by atoms with Gasteiger partial charge in [0.2, 0.25) is 0 Å². The number of anilines is 1. The Morgan fingerprint density at radius 2 is 2.35 bits per heavy atom. The number of thiocarbonyl (C=S) groups is 1. The molecule has 0 radical (unpaired) electrons. The molecular formula is C18H24BrN3S. The number of nitrogens with one attached hydrogen (secondary N) is 2. The number of halogens is 1. The maximum atomic E-state index is 5.45. The Bertz CT molecular complexity index is 604. The van der Waals surface area contributed by atoms with Crippen molar-refractivity contribution in [3.05, 3.63) is 40.9 Å². The molecule has 124 valence electrons. The molecule has 1 aromatic rings. The van der Waals surface area contributed by atoms with Gasteiger partial charge in [-0.2, -0.15) is 0 Å². The van der Waals surface area contributed by atoms with Gasteiger partial charge in [0.1, 0.15) is 0 Å². The van der Waals surface area contributed by atoms with Crippen molar-refractivity contribution in [3.63, 3.8) is 0 Å². The van der Waals surface area contributed by atoms with Crippen LogP contribution in [-0.2, 0) is 0 Å². The SMILES string of the molecule is C=CC1CN2CCC1CC2CNC(=S)Nc1ccc(C)cc1Br. The van der Waals surface area contributed by atoms with E-state index in [1.165, 1.54) is 24.9 Å². The lowest BCUT2D eigenvalue weighted by Gasteiger charge is -2.49. The summed E-state index contributed by atoms with van der Waals surface area (Å²) < 4.78 is 1.04. The van der Waals surface area contributed by atoms with E-state index < -0.39 is 0 Å². The minimum Gasteiger partial charge on any atom is -0.361 e. The molecule has 3 nitrogen and oxygen atoms in total. The second-order valence-electron chi connectivity index (χ2n) is 6.65. The van der Waals surface area contributed by atoms with Crippen LogP contribution in [0.25, 0.3) is 0 Å². The van der Waals surface area contributed by atoms with Crippen LogP contribution in [0.4, 0.5) is 5.69 Å². The summed E-state index contributed by atoms with van der Waals surface area (Å²) in [6.07, 6.45) is 4.70. The number of nitrogens with zero attached hydrogens (tertiary/aromatic N) is 1. The van der Waals surface area contributed by atoms with E-state index in [2.05, 4.69) is 63.2 Å². The van der Waals surface area contributed by atoms with Crippen LogP contribution in [0.5, 0.6) is 0 Å². The minimum atomic E-state index is 0.589. The van der Waals surface area contributed by atoms with Gasteiger partial charge in [-0.15, -0.1) is 6.58 Å². The second kappa shape index (κ2) is 7.32. The minimum absolute atomic E-state index is 0.589. The van der Waals surface area contributed by atoms with Gasteiger partial charge in [-0.1, -0.05) is 12.1 Å². The van der Waals surface area contributed by atoms with Crippen LogP contribution >= 0.6 is 28.1 Å². The number of piperidine rings is 3. The molecule has 0 amide bonds. The van der Waals surface area contributed by atoms with Gasteiger partial charge in [-0.05, 0) is 84.0 Å². The van der Waals surface area contributed by atoms with Crippen LogP contribution in [0.2, 0.25) is 0 Å². The quantitative estimate of drug-likeness (QED) is 0.598. The predicted octanol–water partition coefficient (Wildman–Crippen LogP) is 3.94. The fraction of sp³-hybridized carbons (Fsp3) is 0.500. The third kappa shape index (κ3) is 3.95. The van der Waals surface area contributed by atoms with Gasteiger partial charge in [-0.3, -0.25) is 4.90 Å². The number of fused-ring (bicyclic) bond motifs is 3. The summed E-state index contributed by atoms with van der Waals surface area (Å²) >= 11 is 9.03. The van der Waals surface area contributed by atoms with Crippen molar-refractivity contribution in [2.45, 2.75) is 25.8 Å². The number of hydrogen-bond donors (Lipinski definition) is 2. The zero-order valence-corrected chi connectivity index (χ0v) is 15.9. The van der Waals surface area contributed by atoms with Crippen LogP contribution < -0.4 is 10.6 Å². The van der Waals surface area contributed by atoms with E-state index in [0.29, 0.717) is 17.1 Å². The Labute approximate surface area is 152 Å². The van der Waals surface area contributed by atoms with Gasteiger partial charge in [-0.25, -0.2) is 0 Å². The molecule has 23 heavy (non-hydrogen) atoms. The first-order chi connectivity index (χ1) is 11.1. The molecule has 4 atom stereocenters. The fourth-order valence-corrected chi connectivity index (χ4v) is 4.54. The van der Waals surface area contributed by atoms with Crippen molar-refractivity contribution >= 4 is 38.9 Å². The van der Waals surface area contributed by atoms with Crippen molar-refractivity contribution in [1.82, 2.24) is 10.2 Å². The molecule has 0 spiro atoms. The first kappa shape index (κ1) is 16.9. The van der Waals surface area contributed by atoms with Gasteiger partial charge in [0.15, 0.2) is 5.11 Å². The Morgan fingerprint density at radius 1 is 1.52 bits per heavy atom. The van der Waals surface area contributed by atoms with E-state index >= 15 is 0 Å².